The van der Waals surface area contributed by atoms with Crippen LogP contribution in [0.2, 0.25) is 4.34 Å². The number of carboxylic acids is 1. The fraction of sp³-hybridized carbons (Fsp3) is 0.200. The van der Waals surface area contributed by atoms with E-state index in [9.17, 15) is 13.2 Å². The number of rotatable bonds is 5. The van der Waals surface area contributed by atoms with Crippen LogP contribution in [0.25, 0.3) is 0 Å². The molecule has 0 saturated heterocycles. The van der Waals surface area contributed by atoms with Crippen molar-refractivity contribution in [1.82, 2.24) is 9.71 Å². The van der Waals surface area contributed by atoms with Crippen LogP contribution >= 0.6 is 34.3 Å². The Kier molecular flexibility index (Phi) is 4.45. The second kappa shape index (κ2) is 5.78. The normalized spacial score (nSPS) is 13.3. The van der Waals surface area contributed by atoms with E-state index in [4.69, 9.17) is 16.7 Å². The molecule has 10 heteroatoms. The molecule has 0 radical (unpaired) electrons. The van der Waals surface area contributed by atoms with Gasteiger partial charge in [0.05, 0.1) is 10.4 Å². The maximum absolute atomic E-state index is 12.1. The summed E-state index contributed by atoms with van der Waals surface area (Å²) in [4.78, 5) is 14.6. The predicted molar refractivity (Wildman–Crippen MR) is 77.1 cm³/mol. The molecule has 1 atom stereocenters. The fourth-order valence-electron chi connectivity index (χ4n) is 1.37. The van der Waals surface area contributed by atoms with Crippen molar-refractivity contribution in [3.63, 3.8) is 0 Å². The minimum absolute atomic E-state index is 0.101. The van der Waals surface area contributed by atoms with Crippen molar-refractivity contribution >= 4 is 50.3 Å². The minimum Gasteiger partial charge on any atom is -0.476 e. The molecule has 6 nitrogen and oxygen atoms in total. The van der Waals surface area contributed by atoms with Crippen LogP contribution < -0.4 is 4.72 Å². The first kappa shape index (κ1) is 15.4. The number of aromatic nitrogens is 1. The number of aromatic carboxylic acids is 1. The SMILES string of the molecule is CC(NS(=O)(=O)c1ccc(Cl)s1)c1nc(C(=O)O)cs1. The van der Waals surface area contributed by atoms with Gasteiger partial charge in [-0.3, -0.25) is 0 Å². The van der Waals surface area contributed by atoms with E-state index in [-0.39, 0.29) is 9.90 Å². The van der Waals surface area contributed by atoms with Gasteiger partial charge in [-0.05, 0) is 19.1 Å². The summed E-state index contributed by atoms with van der Waals surface area (Å²) in [6, 6.07) is 2.28. The maximum atomic E-state index is 12.1. The number of hydrogen-bond donors (Lipinski definition) is 2. The molecule has 0 bridgehead atoms. The topological polar surface area (TPSA) is 96.4 Å². The number of nitrogens with one attached hydrogen (secondary N) is 1. The molecule has 2 N–H and O–H groups in total. The first-order valence-electron chi connectivity index (χ1n) is 5.26. The number of nitrogens with zero attached hydrogens (tertiary/aromatic N) is 1. The summed E-state index contributed by atoms with van der Waals surface area (Å²) in [5, 5.41) is 10.5. The predicted octanol–water partition coefficient (Wildman–Crippen LogP) is 2.60. The van der Waals surface area contributed by atoms with Crippen molar-refractivity contribution in [2.45, 2.75) is 17.2 Å². The van der Waals surface area contributed by atoms with Gasteiger partial charge in [0.1, 0.15) is 9.22 Å². The molecule has 0 amide bonds. The number of thiazole rings is 1. The zero-order valence-corrected chi connectivity index (χ0v) is 13.2. The Morgan fingerprint density at radius 3 is 2.70 bits per heavy atom. The van der Waals surface area contributed by atoms with Gasteiger partial charge in [-0.15, -0.1) is 22.7 Å². The van der Waals surface area contributed by atoms with Gasteiger partial charge in [-0.1, -0.05) is 11.6 Å². The van der Waals surface area contributed by atoms with E-state index in [0.717, 1.165) is 22.7 Å². The van der Waals surface area contributed by atoms with E-state index in [0.29, 0.717) is 9.34 Å². The van der Waals surface area contributed by atoms with Gasteiger partial charge in [0.2, 0.25) is 0 Å². The van der Waals surface area contributed by atoms with Crippen molar-refractivity contribution in [1.29, 1.82) is 0 Å². The Morgan fingerprint density at radius 1 is 1.50 bits per heavy atom. The lowest BCUT2D eigenvalue weighted by molar-refractivity contribution is 0.0691. The quantitative estimate of drug-likeness (QED) is 0.862. The lowest BCUT2D eigenvalue weighted by atomic mass is 10.4. The second-order valence-corrected chi connectivity index (χ2v) is 8.32. The average Bonchev–Trinajstić information content (AvgIpc) is 2.96. The molecule has 0 fully saturated rings. The Hall–Kier alpha value is -1.00. The van der Waals surface area contributed by atoms with Gasteiger partial charge in [-0.25, -0.2) is 22.9 Å². The Labute approximate surface area is 128 Å². The summed E-state index contributed by atoms with van der Waals surface area (Å²) in [6.45, 7) is 1.59. The third kappa shape index (κ3) is 3.36. The van der Waals surface area contributed by atoms with Crippen molar-refractivity contribution < 1.29 is 18.3 Å². The third-order valence-corrected chi connectivity index (χ3v) is 6.55. The van der Waals surface area contributed by atoms with Crippen LogP contribution in [-0.4, -0.2) is 24.5 Å². The zero-order chi connectivity index (χ0) is 14.9. The zero-order valence-electron chi connectivity index (χ0n) is 10.0. The van der Waals surface area contributed by atoms with E-state index < -0.39 is 22.0 Å². The van der Waals surface area contributed by atoms with Gasteiger partial charge in [0.15, 0.2) is 5.69 Å². The monoisotopic (exact) mass is 352 g/mol. The number of thiophene rings is 1. The van der Waals surface area contributed by atoms with E-state index in [1.807, 2.05) is 0 Å². The van der Waals surface area contributed by atoms with Gasteiger partial charge < -0.3 is 5.11 Å². The molecule has 0 aromatic carbocycles. The molecule has 2 aromatic rings. The van der Waals surface area contributed by atoms with Crippen LogP contribution in [-0.2, 0) is 10.0 Å². The Morgan fingerprint density at radius 2 is 2.20 bits per heavy atom. The summed E-state index contributed by atoms with van der Waals surface area (Å²) in [5.74, 6) is -1.15. The summed E-state index contributed by atoms with van der Waals surface area (Å²) < 4.78 is 27.1. The van der Waals surface area contributed by atoms with Crippen molar-refractivity contribution in [3.05, 3.63) is 32.6 Å². The van der Waals surface area contributed by atoms with Gasteiger partial charge in [0.25, 0.3) is 10.0 Å². The molecule has 2 rings (SSSR count). The molecule has 0 aliphatic heterocycles. The second-order valence-electron chi connectivity index (χ2n) is 3.78. The number of hydrogen-bond acceptors (Lipinski definition) is 6. The lowest BCUT2D eigenvalue weighted by Crippen LogP contribution is -2.26. The smallest absolute Gasteiger partial charge is 0.355 e. The number of carboxylic acid groups (broad SMARTS) is 1. The molecule has 108 valence electrons. The highest BCUT2D eigenvalue weighted by atomic mass is 35.5. The highest BCUT2D eigenvalue weighted by Crippen LogP contribution is 2.27. The highest BCUT2D eigenvalue weighted by Gasteiger charge is 2.22. The van der Waals surface area contributed by atoms with Crippen LogP contribution in [0.15, 0.2) is 21.7 Å². The average molecular weight is 353 g/mol. The summed E-state index contributed by atoms with van der Waals surface area (Å²) in [5.41, 5.74) is -0.102. The number of carbonyl (C=O) groups is 1. The van der Waals surface area contributed by atoms with E-state index in [1.165, 1.54) is 17.5 Å². The third-order valence-electron chi connectivity index (χ3n) is 2.26. The van der Waals surface area contributed by atoms with E-state index >= 15 is 0 Å². The number of halogens is 1. The standard InChI is InChI=1S/C10H9ClN2O4S3/c1-5(9-12-6(4-18-9)10(14)15)13-20(16,17)8-3-2-7(11)19-8/h2-5,13H,1H3,(H,14,15). The van der Waals surface area contributed by atoms with Crippen molar-refractivity contribution in [2.24, 2.45) is 0 Å². The molecular formula is C10H9ClN2O4S3. The summed E-state index contributed by atoms with van der Waals surface area (Å²) >= 11 is 7.74. The van der Waals surface area contributed by atoms with Crippen LogP contribution in [0, 0.1) is 0 Å². The Bertz CT molecular complexity index is 737. The molecule has 0 saturated carbocycles. The highest BCUT2D eigenvalue weighted by molar-refractivity contribution is 7.91. The minimum atomic E-state index is -3.69. The summed E-state index contributed by atoms with van der Waals surface area (Å²) in [7, 11) is -3.69. The van der Waals surface area contributed by atoms with Crippen molar-refractivity contribution in [2.75, 3.05) is 0 Å². The number of sulfonamides is 1. The molecule has 2 heterocycles. The van der Waals surface area contributed by atoms with E-state index in [1.54, 1.807) is 6.92 Å². The Balaban J connectivity index is 2.18. The molecule has 1 unspecified atom stereocenters. The first-order valence-corrected chi connectivity index (χ1v) is 8.81. The van der Waals surface area contributed by atoms with Crippen LogP contribution in [0.4, 0.5) is 0 Å². The first-order chi connectivity index (χ1) is 9.29. The maximum Gasteiger partial charge on any atom is 0.355 e. The molecular weight excluding hydrogens is 344 g/mol. The summed E-state index contributed by atoms with van der Waals surface area (Å²) in [6.07, 6.45) is 0. The molecule has 0 spiro atoms. The van der Waals surface area contributed by atoms with Gasteiger partial charge in [0, 0.05) is 5.38 Å². The molecule has 0 aliphatic rings. The van der Waals surface area contributed by atoms with Crippen LogP contribution in [0.5, 0.6) is 0 Å². The fourth-order valence-corrected chi connectivity index (χ4v) is 4.95. The molecule has 0 aliphatic carbocycles. The van der Waals surface area contributed by atoms with Crippen LogP contribution in [0.1, 0.15) is 28.5 Å². The molecule has 2 aromatic heterocycles. The van der Waals surface area contributed by atoms with Crippen molar-refractivity contribution in [3.8, 4) is 0 Å². The van der Waals surface area contributed by atoms with Gasteiger partial charge in [-0.2, -0.15) is 0 Å². The molecule has 20 heavy (non-hydrogen) atoms. The largest absolute Gasteiger partial charge is 0.476 e. The van der Waals surface area contributed by atoms with E-state index in [2.05, 4.69) is 9.71 Å². The van der Waals surface area contributed by atoms with Crippen LogP contribution in [0.3, 0.4) is 0 Å². The van der Waals surface area contributed by atoms with Gasteiger partial charge >= 0.3 is 5.97 Å². The lowest BCUT2D eigenvalue weighted by Gasteiger charge is -2.10.